The van der Waals surface area contributed by atoms with Crippen LogP contribution in [-0.4, -0.2) is 38.9 Å². The molecule has 1 saturated heterocycles. The molecule has 4 nitrogen and oxygen atoms in total. The smallest absolute Gasteiger partial charge is 0.246 e. The average Bonchev–Trinajstić information content (AvgIpc) is 2.13. The first-order valence-corrected chi connectivity index (χ1v) is 6.51. The van der Waals surface area contributed by atoms with Crippen LogP contribution in [0.1, 0.15) is 0 Å². The van der Waals surface area contributed by atoms with Gasteiger partial charge in [-0.25, -0.2) is 17.2 Å². The van der Waals surface area contributed by atoms with Gasteiger partial charge < -0.3 is 5.32 Å². The molecule has 1 N–H and O–H groups in total. The Morgan fingerprint density at radius 2 is 1.94 bits per heavy atom. The normalized spacial score (nSPS) is 16.2. The van der Waals surface area contributed by atoms with Crippen molar-refractivity contribution < 1.29 is 17.2 Å². The summed E-state index contributed by atoms with van der Waals surface area (Å²) in [4.78, 5) is -0.492. The maximum absolute atomic E-state index is 13.4. The van der Waals surface area contributed by atoms with Crippen molar-refractivity contribution in [1.29, 1.82) is 0 Å². The quantitative estimate of drug-likeness (QED) is 0.905. The summed E-state index contributed by atoms with van der Waals surface area (Å²) in [7, 11) is -2.50. The van der Waals surface area contributed by atoms with Gasteiger partial charge in [0, 0.05) is 32.2 Å². The van der Waals surface area contributed by atoms with Crippen LogP contribution in [0, 0.1) is 11.6 Å². The second kappa shape index (κ2) is 5.48. The zero-order chi connectivity index (χ0) is 12.6. The molecule has 8 heteroatoms. The molecule has 0 spiro atoms. The Kier molecular flexibility index (Phi) is 4.66. The van der Waals surface area contributed by atoms with E-state index in [-0.39, 0.29) is 18.4 Å². The van der Waals surface area contributed by atoms with Gasteiger partial charge >= 0.3 is 0 Å². The molecule has 0 aromatic heterocycles. The van der Waals surface area contributed by atoms with Crippen molar-refractivity contribution in [2.45, 2.75) is 10.9 Å². The van der Waals surface area contributed by atoms with Crippen molar-refractivity contribution >= 4 is 22.4 Å². The van der Waals surface area contributed by atoms with Gasteiger partial charge in [-0.15, -0.1) is 12.4 Å². The topological polar surface area (TPSA) is 49.4 Å². The van der Waals surface area contributed by atoms with E-state index < -0.39 is 26.6 Å². The number of nitrogens with one attached hydrogen (secondary N) is 1. The van der Waals surface area contributed by atoms with Crippen LogP contribution < -0.4 is 5.32 Å². The molecule has 0 atom stereocenters. The van der Waals surface area contributed by atoms with E-state index in [2.05, 4.69) is 5.32 Å². The van der Waals surface area contributed by atoms with Crippen LogP contribution in [-0.2, 0) is 10.0 Å². The van der Waals surface area contributed by atoms with Gasteiger partial charge in [-0.05, 0) is 12.1 Å². The summed E-state index contributed by atoms with van der Waals surface area (Å²) < 4.78 is 51.3. The summed E-state index contributed by atoms with van der Waals surface area (Å²) >= 11 is 0. The molecule has 0 amide bonds. The molecule has 102 valence electrons. The minimum absolute atomic E-state index is 0. The lowest BCUT2D eigenvalue weighted by molar-refractivity contribution is 0.273. The zero-order valence-electron chi connectivity index (χ0n) is 9.56. The highest BCUT2D eigenvalue weighted by atomic mass is 35.5. The van der Waals surface area contributed by atoms with E-state index in [1.807, 2.05) is 0 Å². The van der Waals surface area contributed by atoms with Gasteiger partial charge in [0.25, 0.3) is 0 Å². The van der Waals surface area contributed by atoms with Gasteiger partial charge in [0.15, 0.2) is 0 Å². The molecule has 0 unspecified atom stereocenters. The number of likely N-dealkylation sites (N-methyl/N-ethyl adjacent to an activating group) is 1. The highest BCUT2D eigenvalue weighted by Gasteiger charge is 2.33. The highest BCUT2D eigenvalue weighted by molar-refractivity contribution is 7.89. The molecule has 1 aromatic rings. The zero-order valence-corrected chi connectivity index (χ0v) is 11.2. The molecule has 1 aromatic carbocycles. The molecule has 0 bridgehead atoms. The van der Waals surface area contributed by atoms with E-state index in [1.165, 1.54) is 7.05 Å². The second-order valence-electron chi connectivity index (χ2n) is 3.91. The molecule has 1 fully saturated rings. The maximum Gasteiger partial charge on any atom is 0.246 e. The minimum Gasteiger partial charge on any atom is -0.313 e. The molecule has 0 aliphatic carbocycles. The van der Waals surface area contributed by atoms with Crippen LogP contribution in [0.4, 0.5) is 8.78 Å². The number of rotatable bonds is 3. The number of benzene rings is 1. The molecular weight excluding hydrogens is 286 g/mol. The number of halogens is 3. The monoisotopic (exact) mass is 298 g/mol. The molecule has 0 saturated carbocycles. The third-order valence-electron chi connectivity index (χ3n) is 2.83. The van der Waals surface area contributed by atoms with Crippen molar-refractivity contribution in [3.63, 3.8) is 0 Å². The number of nitrogens with zero attached hydrogens (tertiary/aromatic N) is 1. The molecule has 1 aliphatic rings. The van der Waals surface area contributed by atoms with Crippen LogP contribution in [0.3, 0.4) is 0 Å². The Bertz CT molecular complexity index is 535. The highest BCUT2D eigenvalue weighted by Crippen LogP contribution is 2.21. The van der Waals surface area contributed by atoms with Gasteiger partial charge in [0.05, 0.1) is 0 Å². The van der Waals surface area contributed by atoms with E-state index in [0.29, 0.717) is 19.2 Å². The van der Waals surface area contributed by atoms with Crippen molar-refractivity contribution in [3.8, 4) is 0 Å². The Hall–Kier alpha value is -0.760. The molecular formula is C10H13ClF2N2O2S. The Morgan fingerprint density at radius 1 is 1.33 bits per heavy atom. The lowest BCUT2D eigenvalue weighted by Gasteiger charge is -2.34. The Labute approximate surface area is 110 Å². The molecule has 2 rings (SSSR count). The fourth-order valence-corrected chi connectivity index (χ4v) is 2.96. The summed E-state index contributed by atoms with van der Waals surface area (Å²) in [6.07, 6.45) is 0. The molecule has 1 aliphatic heterocycles. The van der Waals surface area contributed by atoms with Gasteiger partial charge in [0.2, 0.25) is 10.0 Å². The second-order valence-corrected chi connectivity index (χ2v) is 5.87. The maximum atomic E-state index is 13.4. The minimum atomic E-state index is -3.89. The summed E-state index contributed by atoms with van der Waals surface area (Å²) in [5.74, 6) is -1.86. The van der Waals surface area contributed by atoms with Crippen LogP contribution >= 0.6 is 12.4 Å². The average molecular weight is 299 g/mol. The Morgan fingerprint density at radius 3 is 2.39 bits per heavy atom. The van der Waals surface area contributed by atoms with Crippen molar-refractivity contribution in [1.82, 2.24) is 9.62 Å². The molecule has 1 heterocycles. The predicted molar refractivity (Wildman–Crippen MR) is 65.2 cm³/mol. The van der Waals surface area contributed by atoms with Crippen LogP contribution in [0.25, 0.3) is 0 Å². The summed E-state index contributed by atoms with van der Waals surface area (Å²) in [6.45, 7) is 1.08. The van der Waals surface area contributed by atoms with Gasteiger partial charge in [-0.1, -0.05) is 0 Å². The van der Waals surface area contributed by atoms with Gasteiger partial charge in [-0.2, -0.15) is 4.31 Å². The fraction of sp³-hybridized carbons (Fsp3) is 0.400. The number of sulfonamides is 1. The standard InChI is InChI=1S/C10H12F2N2O2S.ClH/c1-14(8-5-13-6-8)17(15,16)10-3-2-7(11)4-9(10)12;/h2-4,8,13H,5-6H2,1H3;1H. The first-order chi connectivity index (χ1) is 7.93. The van der Waals surface area contributed by atoms with Crippen molar-refractivity contribution in [3.05, 3.63) is 29.8 Å². The Balaban J connectivity index is 0.00000162. The van der Waals surface area contributed by atoms with Crippen molar-refractivity contribution in [2.75, 3.05) is 20.1 Å². The van der Waals surface area contributed by atoms with Gasteiger partial charge in [-0.3, -0.25) is 0 Å². The first kappa shape index (κ1) is 15.3. The summed E-state index contributed by atoms with van der Waals surface area (Å²) in [6, 6.07) is 2.27. The third-order valence-corrected chi connectivity index (χ3v) is 4.77. The van der Waals surface area contributed by atoms with Crippen molar-refractivity contribution in [2.24, 2.45) is 0 Å². The molecule has 0 radical (unpaired) electrons. The third kappa shape index (κ3) is 2.64. The summed E-state index contributed by atoms with van der Waals surface area (Å²) in [5.41, 5.74) is 0. The molecule has 18 heavy (non-hydrogen) atoms. The number of hydrogen-bond acceptors (Lipinski definition) is 3. The fourth-order valence-electron chi connectivity index (χ4n) is 1.57. The largest absolute Gasteiger partial charge is 0.313 e. The SMILES string of the molecule is CN(C1CNC1)S(=O)(=O)c1ccc(F)cc1F.Cl. The summed E-state index contributed by atoms with van der Waals surface area (Å²) in [5, 5.41) is 2.93. The van der Waals surface area contributed by atoms with E-state index in [4.69, 9.17) is 0 Å². The van der Waals surface area contributed by atoms with Crippen LogP contribution in [0.5, 0.6) is 0 Å². The lowest BCUT2D eigenvalue weighted by Crippen LogP contribution is -2.57. The van der Waals surface area contributed by atoms with E-state index in [0.717, 1.165) is 16.4 Å². The van der Waals surface area contributed by atoms with Crippen LogP contribution in [0.2, 0.25) is 0 Å². The van der Waals surface area contributed by atoms with Crippen LogP contribution in [0.15, 0.2) is 23.1 Å². The number of hydrogen-bond donors (Lipinski definition) is 1. The van der Waals surface area contributed by atoms with Gasteiger partial charge in [0.1, 0.15) is 16.5 Å². The lowest BCUT2D eigenvalue weighted by atomic mass is 10.2. The first-order valence-electron chi connectivity index (χ1n) is 5.07. The van der Waals surface area contributed by atoms with E-state index >= 15 is 0 Å². The van der Waals surface area contributed by atoms with E-state index in [9.17, 15) is 17.2 Å². The predicted octanol–water partition coefficient (Wildman–Crippen LogP) is 0.979. The van der Waals surface area contributed by atoms with E-state index in [1.54, 1.807) is 0 Å².